The van der Waals surface area contributed by atoms with Crippen molar-refractivity contribution in [2.45, 2.75) is 6.92 Å². The van der Waals surface area contributed by atoms with Crippen LogP contribution in [0.4, 0.5) is 10.1 Å². The normalized spacial score (nSPS) is 10.3. The van der Waals surface area contributed by atoms with Crippen molar-refractivity contribution in [2.24, 2.45) is 0 Å². The summed E-state index contributed by atoms with van der Waals surface area (Å²) in [7, 11) is 0. The second-order valence-corrected chi connectivity index (χ2v) is 5.75. The van der Waals surface area contributed by atoms with Gasteiger partial charge in [0.1, 0.15) is 5.82 Å². The van der Waals surface area contributed by atoms with Gasteiger partial charge in [0.05, 0.1) is 5.69 Å². The Morgan fingerprint density at radius 3 is 2.53 bits per heavy atom. The first-order valence-electron chi connectivity index (χ1n) is 5.50. The average molecular weight is 387 g/mol. The molecule has 0 saturated heterocycles. The van der Waals surface area contributed by atoms with Crippen LogP contribution in [0.5, 0.6) is 0 Å². The van der Waals surface area contributed by atoms with E-state index in [0.717, 1.165) is 10.0 Å². The summed E-state index contributed by atoms with van der Waals surface area (Å²) < 4.78 is 14.6. The molecule has 0 aromatic heterocycles. The molecule has 19 heavy (non-hydrogen) atoms. The van der Waals surface area contributed by atoms with Crippen LogP contribution in [0.25, 0.3) is 0 Å². The lowest BCUT2D eigenvalue weighted by Gasteiger charge is -2.08. The molecule has 0 fully saturated rings. The Morgan fingerprint density at radius 2 is 1.84 bits per heavy atom. The second kappa shape index (κ2) is 5.84. The summed E-state index contributed by atoms with van der Waals surface area (Å²) in [5.74, 6) is -0.685. The van der Waals surface area contributed by atoms with Crippen LogP contribution < -0.4 is 5.32 Å². The van der Waals surface area contributed by atoms with E-state index in [4.69, 9.17) is 0 Å². The largest absolute Gasteiger partial charge is 0.321 e. The standard InChI is InChI=1S/C14H10Br2FNO/c1-8-2-3-9(6-12(8)16)14(19)18-13-7-10(17)4-5-11(13)15/h2-7H,1H3,(H,18,19). The molecule has 0 spiro atoms. The second-order valence-electron chi connectivity index (χ2n) is 4.04. The minimum atomic E-state index is -0.399. The van der Waals surface area contributed by atoms with Crippen LogP contribution >= 0.6 is 31.9 Å². The van der Waals surface area contributed by atoms with Gasteiger partial charge in [0, 0.05) is 14.5 Å². The highest BCUT2D eigenvalue weighted by molar-refractivity contribution is 9.10. The zero-order valence-electron chi connectivity index (χ0n) is 10.0. The van der Waals surface area contributed by atoms with Crippen LogP contribution in [0, 0.1) is 12.7 Å². The number of aryl methyl sites for hydroxylation is 1. The molecular weight excluding hydrogens is 377 g/mol. The number of hydrogen-bond donors (Lipinski definition) is 1. The summed E-state index contributed by atoms with van der Waals surface area (Å²) in [4.78, 5) is 12.1. The molecule has 0 heterocycles. The number of carbonyl (C=O) groups excluding carboxylic acids is 1. The smallest absolute Gasteiger partial charge is 0.255 e. The van der Waals surface area contributed by atoms with Crippen LogP contribution in [-0.2, 0) is 0 Å². The predicted octanol–water partition coefficient (Wildman–Crippen LogP) is 4.91. The maximum Gasteiger partial charge on any atom is 0.255 e. The number of halogens is 3. The number of anilines is 1. The molecule has 0 saturated carbocycles. The molecule has 1 N–H and O–H groups in total. The fourth-order valence-corrected chi connectivity index (χ4v) is 2.25. The molecule has 0 aliphatic carbocycles. The molecule has 2 aromatic carbocycles. The van der Waals surface area contributed by atoms with Gasteiger partial charge in [-0.1, -0.05) is 22.0 Å². The van der Waals surface area contributed by atoms with Crippen LogP contribution in [0.2, 0.25) is 0 Å². The van der Waals surface area contributed by atoms with Gasteiger partial charge < -0.3 is 5.32 Å². The van der Waals surface area contributed by atoms with Gasteiger partial charge in [-0.25, -0.2) is 4.39 Å². The van der Waals surface area contributed by atoms with Crippen LogP contribution in [0.15, 0.2) is 45.3 Å². The highest BCUT2D eigenvalue weighted by atomic mass is 79.9. The SMILES string of the molecule is Cc1ccc(C(=O)Nc2cc(F)ccc2Br)cc1Br. The molecule has 1 amide bonds. The van der Waals surface area contributed by atoms with Gasteiger partial charge in [-0.15, -0.1) is 0 Å². The summed E-state index contributed by atoms with van der Waals surface area (Å²) >= 11 is 6.64. The maximum absolute atomic E-state index is 13.1. The van der Waals surface area contributed by atoms with Gasteiger partial charge in [-0.05, 0) is 58.7 Å². The molecule has 0 aliphatic heterocycles. The van der Waals surface area contributed by atoms with Crippen molar-refractivity contribution in [3.8, 4) is 0 Å². The summed E-state index contributed by atoms with van der Waals surface area (Å²) in [5, 5.41) is 2.67. The van der Waals surface area contributed by atoms with Gasteiger partial charge in [-0.3, -0.25) is 4.79 Å². The van der Waals surface area contributed by atoms with Crippen molar-refractivity contribution < 1.29 is 9.18 Å². The highest BCUT2D eigenvalue weighted by Gasteiger charge is 2.10. The molecule has 2 nitrogen and oxygen atoms in total. The number of amides is 1. The summed E-state index contributed by atoms with van der Waals surface area (Å²) in [6, 6.07) is 9.45. The van der Waals surface area contributed by atoms with Crippen molar-refractivity contribution in [1.29, 1.82) is 0 Å². The van der Waals surface area contributed by atoms with Gasteiger partial charge >= 0.3 is 0 Å². The summed E-state index contributed by atoms with van der Waals surface area (Å²) in [6.07, 6.45) is 0. The predicted molar refractivity (Wildman–Crippen MR) is 80.9 cm³/mol. The van der Waals surface area contributed by atoms with E-state index in [9.17, 15) is 9.18 Å². The van der Waals surface area contributed by atoms with Crippen molar-refractivity contribution in [1.82, 2.24) is 0 Å². The monoisotopic (exact) mass is 385 g/mol. The lowest BCUT2D eigenvalue weighted by molar-refractivity contribution is 0.102. The quantitative estimate of drug-likeness (QED) is 0.780. The molecular formula is C14H10Br2FNO. The van der Waals surface area contributed by atoms with E-state index in [1.807, 2.05) is 13.0 Å². The zero-order valence-corrected chi connectivity index (χ0v) is 13.2. The van der Waals surface area contributed by atoms with Crippen molar-refractivity contribution in [2.75, 3.05) is 5.32 Å². The Kier molecular flexibility index (Phi) is 4.37. The molecule has 0 atom stereocenters. The molecule has 0 unspecified atom stereocenters. The summed E-state index contributed by atoms with van der Waals surface area (Å²) in [5.41, 5.74) is 1.96. The van der Waals surface area contributed by atoms with Crippen LogP contribution in [0.3, 0.4) is 0 Å². The molecule has 0 radical (unpaired) electrons. The fourth-order valence-electron chi connectivity index (χ4n) is 1.52. The Labute approximate surface area is 127 Å². The zero-order chi connectivity index (χ0) is 14.0. The highest BCUT2D eigenvalue weighted by Crippen LogP contribution is 2.24. The molecule has 98 valence electrons. The van der Waals surface area contributed by atoms with Gasteiger partial charge in [0.2, 0.25) is 0 Å². The van der Waals surface area contributed by atoms with E-state index >= 15 is 0 Å². The van der Waals surface area contributed by atoms with E-state index in [0.29, 0.717) is 15.7 Å². The minimum Gasteiger partial charge on any atom is -0.321 e. The van der Waals surface area contributed by atoms with E-state index in [1.54, 1.807) is 18.2 Å². The average Bonchev–Trinajstić information content (AvgIpc) is 2.37. The van der Waals surface area contributed by atoms with Crippen LogP contribution in [-0.4, -0.2) is 5.91 Å². The van der Waals surface area contributed by atoms with E-state index in [1.165, 1.54) is 12.1 Å². The van der Waals surface area contributed by atoms with E-state index in [-0.39, 0.29) is 5.91 Å². The topological polar surface area (TPSA) is 29.1 Å². The lowest BCUT2D eigenvalue weighted by Crippen LogP contribution is -2.12. The van der Waals surface area contributed by atoms with Crippen LogP contribution in [0.1, 0.15) is 15.9 Å². The fraction of sp³-hybridized carbons (Fsp3) is 0.0714. The minimum absolute atomic E-state index is 0.285. The molecule has 0 aliphatic rings. The Bertz CT molecular complexity index is 643. The first-order valence-corrected chi connectivity index (χ1v) is 7.08. The van der Waals surface area contributed by atoms with Crippen molar-refractivity contribution in [3.63, 3.8) is 0 Å². The van der Waals surface area contributed by atoms with Gasteiger partial charge in [-0.2, -0.15) is 0 Å². The lowest BCUT2D eigenvalue weighted by atomic mass is 10.1. The number of carbonyl (C=O) groups is 1. The third kappa shape index (κ3) is 3.42. The summed E-state index contributed by atoms with van der Waals surface area (Å²) in [6.45, 7) is 1.94. The Hall–Kier alpha value is -1.20. The van der Waals surface area contributed by atoms with Gasteiger partial charge in [0.15, 0.2) is 0 Å². The number of hydrogen-bond acceptors (Lipinski definition) is 1. The molecule has 0 bridgehead atoms. The molecule has 5 heteroatoms. The van der Waals surface area contributed by atoms with E-state index in [2.05, 4.69) is 37.2 Å². The molecule has 2 aromatic rings. The maximum atomic E-state index is 13.1. The Morgan fingerprint density at radius 1 is 1.11 bits per heavy atom. The van der Waals surface area contributed by atoms with Crippen molar-refractivity contribution >= 4 is 43.5 Å². The number of benzene rings is 2. The van der Waals surface area contributed by atoms with Crippen molar-refractivity contribution in [3.05, 3.63) is 62.3 Å². The number of nitrogens with one attached hydrogen (secondary N) is 1. The third-order valence-electron chi connectivity index (χ3n) is 2.61. The molecule has 2 rings (SSSR count). The van der Waals surface area contributed by atoms with Gasteiger partial charge in [0.25, 0.3) is 5.91 Å². The Balaban J connectivity index is 2.25. The first kappa shape index (κ1) is 14.2. The number of rotatable bonds is 2. The third-order valence-corrected chi connectivity index (χ3v) is 4.16. The van der Waals surface area contributed by atoms with E-state index < -0.39 is 5.82 Å². The first-order chi connectivity index (χ1) is 8.97.